The molecular weight excluding hydrogens is 416 g/mol. The van der Waals surface area contributed by atoms with Crippen molar-refractivity contribution >= 4 is 39.2 Å². The summed E-state index contributed by atoms with van der Waals surface area (Å²) in [7, 11) is 0. The molecule has 10 heteroatoms. The standard InChI is InChI=1S/C22H20N4O6/c1-13(24-32-14(2)27)15-3-4-20-18(10-15)19-11-17(26(28)29)9-16(12-23)22(19)25(20)6-5-21-30-7-8-31-21/h3-4,9-11,21H,5-8H2,1-2H3/b24-13+. The van der Waals surface area contributed by atoms with E-state index in [9.17, 15) is 20.2 Å². The highest BCUT2D eigenvalue weighted by Gasteiger charge is 2.22. The maximum Gasteiger partial charge on any atom is 0.331 e. The average Bonchev–Trinajstić information content (AvgIpc) is 3.41. The highest BCUT2D eigenvalue weighted by Crippen LogP contribution is 2.35. The van der Waals surface area contributed by atoms with Crippen LogP contribution in [-0.2, 0) is 25.7 Å². The van der Waals surface area contributed by atoms with Crippen LogP contribution in [0.5, 0.6) is 0 Å². The van der Waals surface area contributed by atoms with Gasteiger partial charge in [-0.3, -0.25) is 10.1 Å². The molecule has 32 heavy (non-hydrogen) atoms. The van der Waals surface area contributed by atoms with Gasteiger partial charge in [0.2, 0.25) is 0 Å². The Hall–Kier alpha value is -3.81. The molecule has 0 unspecified atom stereocenters. The van der Waals surface area contributed by atoms with Crippen LogP contribution in [0.4, 0.5) is 5.69 Å². The van der Waals surface area contributed by atoms with Crippen LogP contribution in [0.15, 0.2) is 35.5 Å². The molecule has 1 saturated heterocycles. The number of rotatable bonds is 6. The molecule has 1 aliphatic rings. The van der Waals surface area contributed by atoms with E-state index in [-0.39, 0.29) is 17.5 Å². The average molecular weight is 436 g/mol. The van der Waals surface area contributed by atoms with E-state index in [1.807, 2.05) is 22.8 Å². The van der Waals surface area contributed by atoms with Crippen molar-refractivity contribution in [2.45, 2.75) is 33.1 Å². The second-order valence-corrected chi connectivity index (χ2v) is 7.36. The number of hydrogen-bond donors (Lipinski definition) is 0. The molecule has 1 fully saturated rings. The van der Waals surface area contributed by atoms with Crippen LogP contribution in [-0.4, -0.2) is 40.7 Å². The molecule has 0 aliphatic carbocycles. The van der Waals surface area contributed by atoms with Crippen molar-refractivity contribution in [3.8, 4) is 6.07 Å². The van der Waals surface area contributed by atoms with Crippen molar-refractivity contribution in [1.29, 1.82) is 5.26 Å². The highest BCUT2D eigenvalue weighted by atomic mass is 16.7. The molecule has 10 nitrogen and oxygen atoms in total. The largest absolute Gasteiger partial charge is 0.350 e. The van der Waals surface area contributed by atoms with Crippen LogP contribution in [0.3, 0.4) is 0 Å². The summed E-state index contributed by atoms with van der Waals surface area (Å²) in [6.07, 6.45) is 0.235. The van der Waals surface area contributed by atoms with Gasteiger partial charge < -0.3 is 18.9 Å². The minimum Gasteiger partial charge on any atom is -0.350 e. The van der Waals surface area contributed by atoms with E-state index in [1.165, 1.54) is 19.1 Å². The van der Waals surface area contributed by atoms with Crippen LogP contribution in [0, 0.1) is 21.4 Å². The number of ether oxygens (including phenoxy) is 2. The Bertz CT molecular complexity index is 1300. The third-order valence-corrected chi connectivity index (χ3v) is 5.28. The third kappa shape index (κ3) is 4.03. The van der Waals surface area contributed by atoms with Gasteiger partial charge in [-0.15, -0.1) is 0 Å². The predicted octanol–water partition coefficient (Wildman–Crippen LogP) is 3.62. The number of nitrogens with zero attached hydrogens (tertiary/aromatic N) is 4. The number of oxime groups is 1. The molecule has 4 rings (SSSR count). The topological polar surface area (TPSA) is 129 Å². The van der Waals surface area contributed by atoms with Gasteiger partial charge in [0, 0.05) is 48.3 Å². The number of benzene rings is 2. The van der Waals surface area contributed by atoms with Crippen LogP contribution in [0.2, 0.25) is 0 Å². The molecule has 0 radical (unpaired) electrons. The van der Waals surface area contributed by atoms with Crippen molar-refractivity contribution in [3.63, 3.8) is 0 Å². The van der Waals surface area contributed by atoms with Gasteiger partial charge in [0.05, 0.1) is 34.9 Å². The Morgan fingerprint density at radius 3 is 2.69 bits per heavy atom. The first-order valence-electron chi connectivity index (χ1n) is 9.99. The van der Waals surface area contributed by atoms with E-state index in [0.29, 0.717) is 48.4 Å². The zero-order valence-corrected chi connectivity index (χ0v) is 17.5. The lowest BCUT2D eigenvalue weighted by Crippen LogP contribution is -2.12. The van der Waals surface area contributed by atoms with E-state index in [1.54, 1.807) is 6.92 Å². The lowest BCUT2D eigenvalue weighted by molar-refractivity contribution is -0.384. The molecule has 2 heterocycles. The van der Waals surface area contributed by atoms with E-state index in [4.69, 9.17) is 14.3 Å². The van der Waals surface area contributed by atoms with Crippen molar-refractivity contribution in [3.05, 3.63) is 51.6 Å². The summed E-state index contributed by atoms with van der Waals surface area (Å²) in [4.78, 5) is 26.8. The summed E-state index contributed by atoms with van der Waals surface area (Å²) in [6.45, 7) is 4.53. The molecule has 0 N–H and O–H groups in total. The van der Waals surface area contributed by atoms with Gasteiger partial charge in [-0.1, -0.05) is 11.2 Å². The number of nitriles is 1. The Morgan fingerprint density at radius 1 is 1.28 bits per heavy atom. The number of nitro groups is 1. The summed E-state index contributed by atoms with van der Waals surface area (Å²) >= 11 is 0. The van der Waals surface area contributed by atoms with Crippen LogP contribution in [0.25, 0.3) is 21.8 Å². The Morgan fingerprint density at radius 2 is 2.03 bits per heavy atom. The quantitative estimate of drug-likeness (QED) is 0.250. The second kappa shape index (κ2) is 8.74. The van der Waals surface area contributed by atoms with Crippen molar-refractivity contribution in [2.75, 3.05) is 13.2 Å². The number of fused-ring (bicyclic) bond motifs is 3. The van der Waals surface area contributed by atoms with Gasteiger partial charge in [-0.05, 0) is 24.6 Å². The summed E-state index contributed by atoms with van der Waals surface area (Å²) < 4.78 is 13.0. The molecule has 0 amide bonds. The Balaban J connectivity index is 1.91. The molecule has 0 atom stereocenters. The fourth-order valence-electron chi connectivity index (χ4n) is 3.86. The zero-order valence-electron chi connectivity index (χ0n) is 17.5. The van der Waals surface area contributed by atoms with Crippen molar-refractivity contribution in [1.82, 2.24) is 4.57 Å². The van der Waals surface area contributed by atoms with E-state index < -0.39 is 10.9 Å². The number of nitro benzene ring substituents is 1. The molecule has 164 valence electrons. The molecule has 2 aromatic carbocycles. The lowest BCUT2D eigenvalue weighted by atomic mass is 10.0. The summed E-state index contributed by atoms with van der Waals surface area (Å²) in [5.41, 5.74) is 2.63. The lowest BCUT2D eigenvalue weighted by Gasteiger charge is -2.12. The first kappa shape index (κ1) is 21.4. The van der Waals surface area contributed by atoms with Crippen molar-refractivity contribution in [2.24, 2.45) is 5.16 Å². The Kier molecular flexibility index (Phi) is 5.85. The first-order chi connectivity index (χ1) is 15.4. The molecule has 0 spiro atoms. The minimum atomic E-state index is -0.535. The molecular formula is C22H20N4O6. The predicted molar refractivity (Wildman–Crippen MR) is 115 cm³/mol. The third-order valence-electron chi connectivity index (χ3n) is 5.28. The highest BCUT2D eigenvalue weighted by molar-refractivity contribution is 6.13. The van der Waals surface area contributed by atoms with Gasteiger partial charge in [0.15, 0.2) is 6.29 Å². The van der Waals surface area contributed by atoms with Gasteiger partial charge in [0.1, 0.15) is 6.07 Å². The maximum absolute atomic E-state index is 11.5. The number of carbonyl (C=O) groups excluding carboxylic acids is 1. The van der Waals surface area contributed by atoms with E-state index >= 15 is 0 Å². The fourth-order valence-corrected chi connectivity index (χ4v) is 3.86. The molecule has 0 saturated carbocycles. The molecule has 3 aromatic rings. The van der Waals surface area contributed by atoms with Gasteiger partial charge in [0.25, 0.3) is 5.69 Å². The molecule has 0 bridgehead atoms. The van der Waals surface area contributed by atoms with Crippen molar-refractivity contribution < 1.29 is 24.0 Å². The van der Waals surface area contributed by atoms with Crippen LogP contribution in [0.1, 0.15) is 31.4 Å². The molecule has 1 aliphatic heterocycles. The number of non-ortho nitro benzene ring substituents is 1. The van der Waals surface area contributed by atoms with Gasteiger partial charge in [-0.25, -0.2) is 4.79 Å². The fraction of sp³-hybridized carbons (Fsp3) is 0.318. The van der Waals surface area contributed by atoms with E-state index in [2.05, 4.69) is 11.2 Å². The van der Waals surface area contributed by atoms with Crippen LogP contribution < -0.4 is 0 Å². The number of hydrogen-bond acceptors (Lipinski definition) is 8. The van der Waals surface area contributed by atoms with E-state index in [0.717, 1.165) is 10.9 Å². The summed E-state index contributed by atoms with van der Waals surface area (Å²) in [6, 6.07) is 10.4. The molecule has 1 aromatic heterocycles. The Labute approximate surface area is 182 Å². The number of aromatic nitrogens is 1. The second-order valence-electron chi connectivity index (χ2n) is 7.36. The minimum absolute atomic E-state index is 0.161. The first-order valence-corrected chi connectivity index (χ1v) is 9.99. The monoisotopic (exact) mass is 436 g/mol. The number of aryl methyl sites for hydroxylation is 1. The summed E-state index contributed by atoms with van der Waals surface area (Å²) in [5.74, 6) is -0.535. The maximum atomic E-state index is 11.5. The zero-order chi connectivity index (χ0) is 22.8. The summed E-state index contributed by atoms with van der Waals surface area (Å²) in [5, 5.41) is 26.3. The van der Waals surface area contributed by atoms with Gasteiger partial charge >= 0.3 is 5.97 Å². The van der Waals surface area contributed by atoms with Crippen LogP contribution >= 0.6 is 0 Å². The van der Waals surface area contributed by atoms with Gasteiger partial charge in [-0.2, -0.15) is 5.26 Å². The normalized spacial score (nSPS) is 14.7. The smallest absolute Gasteiger partial charge is 0.331 e. The number of carbonyl (C=O) groups is 1. The SMILES string of the molecule is CC(=O)O/N=C(\C)c1ccc2c(c1)c1cc([N+](=O)[O-])cc(C#N)c1n2CCC1OCCO1.